The van der Waals surface area contributed by atoms with Gasteiger partial charge in [-0.25, -0.2) is 15.0 Å². The predicted molar refractivity (Wildman–Crippen MR) is 106 cm³/mol. The molecule has 2 atom stereocenters. The first-order chi connectivity index (χ1) is 13.7. The van der Waals surface area contributed by atoms with E-state index in [1.165, 1.54) is 6.33 Å². The number of anilines is 1. The fourth-order valence-corrected chi connectivity index (χ4v) is 3.75. The van der Waals surface area contributed by atoms with Crippen molar-refractivity contribution in [1.29, 1.82) is 0 Å². The van der Waals surface area contributed by atoms with E-state index < -0.39 is 0 Å². The molecule has 1 aliphatic rings. The van der Waals surface area contributed by atoms with Crippen molar-refractivity contribution in [1.82, 2.24) is 25.3 Å². The van der Waals surface area contributed by atoms with Crippen LogP contribution in [-0.4, -0.2) is 56.7 Å². The van der Waals surface area contributed by atoms with Gasteiger partial charge in [0.05, 0.1) is 24.9 Å². The van der Waals surface area contributed by atoms with Crippen LogP contribution in [0.25, 0.3) is 11.2 Å². The number of H-pyrrole nitrogens is 1. The highest BCUT2D eigenvalue weighted by Crippen LogP contribution is 2.25. The summed E-state index contributed by atoms with van der Waals surface area (Å²) in [7, 11) is 0. The Morgan fingerprint density at radius 1 is 1.29 bits per heavy atom. The molecule has 8 heteroatoms. The number of amides is 1. The lowest BCUT2D eigenvalue weighted by Crippen LogP contribution is -2.47. The number of rotatable bonds is 6. The first-order valence-electron chi connectivity index (χ1n) is 9.59. The monoisotopic (exact) mass is 380 g/mol. The Hall–Kier alpha value is -3.00. The standard InChI is InChI=1S/C20H24N6O2/c27-11-16(9-14-5-2-1-3-6-14)25-20(28)15-7-4-8-26(10-15)19-17-18(22-12-21-17)23-13-24-19/h1-3,5-6,12-13,15-16,27H,4,7-11H2,(H,25,28)(H,21,22,23,24). The average Bonchev–Trinajstić information content (AvgIpc) is 3.23. The number of hydrogen-bond acceptors (Lipinski definition) is 6. The topological polar surface area (TPSA) is 107 Å². The number of carbonyl (C=O) groups is 1. The number of imidazole rings is 1. The predicted octanol–water partition coefficient (Wildman–Crippen LogP) is 1.29. The lowest BCUT2D eigenvalue weighted by Gasteiger charge is -2.33. The van der Waals surface area contributed by atoms with Crippen LogP contribution in [0.1, 0.15) is 18.4 Å². The molecule has 1 fully saturated rings. The Balaban J connectivity index is 1.42. The van der Waals surface area contributed by atoms with E-state index in [1.807, 2.05) is 30.3 Å². The molecule has 0 bridgehead atoms. The van der Waals surface area contributed by atoms with Crippen molar-refractivity contribution in [3.8, 4) is 0 Å². The van der Waals surface area contributed by atoms with Crippen LogP contribution in [0.3, 0.4) is 0 Å². The molecule has 0 spiro atoms. The summed E-state index contributed by atoms with van der Waals surface area (Å²) in [5.41, 5.74) is 2.51. The molecule has 3 N–H and O–H groups in total. The third-order valence-electron chi connectivity index (χ3n) is 5.19. The van der Waals surface area contributed by atoms with Crippen molar-refractivity contribution in [2.45, 2.75) is 25.3 Å². The van der Waals surface area contributed by atoms with Crippen LogP contribution in [0.2, 0.25) is 0 Å². The fourth-order valence-electron chi connectivity index (χ4n) is 3.75. The summed E-state index contributed by atoms with van der Waals surface area (Å²) in [6, 6.07) is 9.59. The van der Waals surface area contributed by atoms with E-state index >= 15 is 0 Å². The van der Waals surface area contributed by atoms with Crippen LogP contribution in [0.15, 0.2) is 43.0 Å². The van der Waals surface area contributed by atoms with Crippen molar-refractivity contribution >= 4 is 22.9 Å². The van der Waals surface area contributed by atoms with Crippen LogP contribution in [-0.2, 0) is 11.2 Å². The van der Waals surface area contributed by atoms with E-state index in [9.17, 15) is 9.90 Å². The van der Waals surface area contributed by atoms with Crippen molar-refractivity contribution in [3.05, 3.63) is 48.5 Å². The number of nitrogens with zero attached hydrogens (tertiary/aromatic N) is 4. The minimum atomic E-state index is -0.288. The highest BCUT2D eigenvalue weighted by molar-refractivity contribution is 5.84. The van der Waals surface area contributed by atoms with Crippen molar-refractivity contribution < 1.29 is 9.90 Å². The SMILES string of the molecule is O=C(NC(CO)Cc1ccccc1)C1CCCN(c2ncnc3nc[nH]c23)C1. The molecular formula is C20H24N6O2. The number of aromatic amines is 1. The molecule has 28 heavy (non-hydrogen) atoms. The van der Waals surface area contributed by atoms with E-state index in [0.717, 1.165) is 36.3 Å². The number of aliphatic hydroxyl groups is 1. The maximum Gasteiger partial charge on any atom is 0.225 e. The molecule has 0 radical (unpaired) electrons. The van der Waals surface area contributed by atoms with E-state index in [2.05, 4.69) is 30.2 Å². The van der Waals surface area contributed by atoms with Gasteiger partial charge in [-0.2, -0.15) is 0 Å². The number of piperidine rings is 1. The zero-order chi connectivity index (χ0) is 19.3. The van der Waals surface area contributed by atoms with Crippen molar-refractivity contribution in [2.75, 3.05) is 24.6 Å². The molecule has 0 saturated carbocycles. The van der Waals surface area contributed by atoms with Gasteiger partial charge >= 0.3 is 0 Å². The van der Waals surface area contributed by atoms with E-state index in [0.29, 0.717) is 18.6 Å². The Bertz CT molecular complexity index is 929. The maximum atomic E-state index is 12.8. The average molecular weight is 380 g/mol. The number of aromatic nitrogens is 4. The molecule has 1 saturated heterocycles. The quantitative estimate of drug-likeness (QED) is 0.595. The molecule has 3 aromatic rings. The minimum absolute atomic E-state index is 0.0189. The van der Waals surface area contributed by atoms with Crippen LogP contribution < -0.4 is 10.2 Å². The Kier molecular flexibility index (Phi) is 5.48. The molecule has 2 unspecified atom stereocenters. The van der Waals surface area contributed by atoms with Gasteiger partial charge in [-0.05, 0) is 24.8 Å². The van der Waals surface area contributed by atoms with Gasteiger partial charge in [0, 0.05) is 13.1 Å². The van der Waals surface area contributed by atoms with Gasteiger partial charge in [0.15, 0.2) is 11.5 Å². The van der Waals surface area contributed by atoms with Gasteiger partial charge in [0.25, 0.3) is 0 Å². The van der Waals surface area contributed by atoms with Crippen LogP contribution >= 0.6 is 0 Å². The summed E-state index contributed by atoms with van der Waals surface area (Å²) in [5.74, 6) is 0.615. The van der Waals surface area contributed by atoms with Crippen molar-refractivity contribution in [2.24, 2.45) is 5.92 Å². The van der Waals surface area contributed by atoms with E-state index in [1.54, 1.807) is 6.33 Å². The highest BCUT2D eigenvalue weighted by atomic mass is 16.3. The van der Waals surface area contributed by atoms with E-state index in [4.69, 9.17) is 0 Å². The largest absolute Gasteiger partial charge is 0.394 e. The summed E-state index contributed by atoms with van der Waals surface area (Å²) in [6.07, 6.45) is 5.44. The third-order valence-corrected chi connectivity index (χ3v) is 5.19. The number of fused-ring (bicyclic) bond motifs is 1. The summed E-state index contributed by atoms with van der Waals surface area (Å²) in [4.78, 5) is 30.8. The summed E-state index contributed by atoms with van der Waals surface area (Å²) < 4.78 is 0. The van der Waals surface area contributed by atoms with Gasteiger partial charge in [-0.3, -0.25) is 4.79 Å². The first kappa shape index (κ1) is 18.4. The van der Waals surface area contributed by atoms with Crippen LogP contribution in [0.5, 0.6) is 0 Å². The fraction of sp³-hybridized carbons (Fsp3) is 0.400. The molecule has 1 amide bonds. The smallest absolute Gasteiger partial charge is 0.225 e. The number of benzene rings is 1. The molecule has 1 aromatic carbocycles. The molecule has 0 aliphatic carbocycles. The number of aliphatic hydroxyl groups excluding tert-OH is 1. The van der Waals surface area contributed by atoms with Gasteiger partial charge in [0.1, 0.15) is 11.8 Å². The van der Waals surface area contributed by atoms with Crippen LogP contribution in [0, 0.1) is 5.92 Å². The molecule has 4 rings (SSSR count). The summed E-state index contributed by atoms with van der Waals surface area (Å²) >= 11 is 0. The number of carbonyl (C=O) groups excluding carboxylic acids is 1. The second-order valence-electron chi connectivity index (χ2n) is 7.16. The second-order valence-corrected chi connectivity index (χ2v) is 7.16. The molecule has 3 heterocycles. The lowest BCUT2D eigenvalue weighted by atomic mass is 9.96. The molecule has 8 nitrogen and oxygen atoms in total. The Morgan fingerprint density at radius 2 is 2.14 bits per heavy atom. The molecular weight excluding hydrogens is 356 g/mol. The summed E-state index contributed by atoms with van der Waals surface area (Å²) in [6.45, 7) is 1.33. The van der Waals surface area contributed by atoms with Gasteiger partial charge < -0.3 is 20.3 Å². The molecule has 146 valence electrons. The van der Waals surface area contributed by atoms with E-state index in [-0.39, 0.29) is 24.5 Å². The highest BCUT2D eigenvalue weighted by Gasteiger charge is 2.29. The molecule has 1 aliphatic heterocycles. The third kappa shape index (κ3) is 3.96. The zero-order valence-electron chi connectivity index (χ0n) is 15.6. The zero-order valence-corrected chi connectivity index (χ0v) is 15.6. The van der Waals surface area contributed by atoms with Crippen molar-refractivity contribution in [3.63, 3.8) is 0 Å². The molecule has 2 aromatic heterocycles. The minimum Gasteiger partial charge on any atom is -0.394 e. The van der Waals surface area contributed by atoms with Gasteiger partial charge in [-0.1, -0.05) is 30.3 Å². The Labute approximate surface area is 163 Å². The number of hydrogen-bond donors (Lipinski definition) is 3. The maximum absolute atomic E-state index is 12.8. The number of nitrogens with one attached hydrogen (secondary N) is 2. The lowest BCUT2D eigenvalue weighted by molar-refractivity contribution is -0.126. The first-order valence-corrected chi connectivity index (χ1v) is 9.59. The summed E-state index contributed by atoms with van der Waals surface area (Å²) in [5, 5.41) is 12.7. The normalized spacial score (nSPS) is 18.2. The van der Waals surface area contributed by atoms with Crippen LogP contribution in [0.4, 0.5) is 5.82 Å². The Morgan fingerprint density at radius 3 is 2.96 bits per heavy atom. The van der Waals surface area contributed by atoms with Gasteiger partial charge in [0.2, 0.25) is 5.91 Å². The second kappa shape index (κ2) is 8.35. The van der Waals surface area contributed by atoms with Gasteiger partial charge in [-0.15, -0.1) is 0 Å².